The maximum atomic E-state index is 11.6. The van der Waals surface area contributed by atoms with Crippen LogP contribution in [0.15, 0.2) is 24.4 Å². The number of amides is 2. The van der Waals surface area contributed by atoms with E-state index in [2.05, 4.69) is 15.5 Å². The third-order valence-corrected chi connectivity index (χ3v) is 2.79. The number of rotatable bonds is 6. The van der Waals surface area contributed by atoms with E-state index in [0.29, 0.717) is 13.0 Å². The molecule has 1 unspecified atom stereocenters. The first-order valence-corrected chi connectivity index (χ1v) is 6.18. The van der Waals surface area contributed by atoms with Gasteiger partial charge in [-0.05, 0) is 12.1 Å². The summed E-state index contributed by atoms with van der Waals surface area (Å²) in [5, 5.41) is 10.7. The number of carbonyl (C=O) groups excluding carboxylic acids is 2. The zero-order chi connectivity index (χ0) is 14.5. The number of nitrogens with zero attached hydrogens (tertiary/aromatic N) is 3. The summed E-state index contributed by atoms with van der Waals surface area (Å²) in [6.45, 7) is 0.362. The molecule has 0 aliphatic carbocycles. The number of primary amides is 1. The van der Waals surface area contributed by atoms with E-state index in [1.165, 1.54) is 0 Å². The van der Waals surface area contributed by atoms with Crippen LogP contribution < -0.4 is 16.8 Å². The molecule has 106 valence electrons. The molecule has 2 rings (SSSR count). The molecule has 2 amide bonds. The lowest BCUT2D eigenvalue weighted by Gasteiger charge is -2.09. The Kier molecular flexibility index (Phi) is 4.26. The molecule has 0 fully saturated rings. The highest BCUT2D eigenvalue weighted by atomic mass is 16.2. The fraction of sp³-hybridized carbons (Fsp3) is 0.333. The van der Waals surface area contributed by atoms with Crippen LogP contribution in [0.3, 0.4) is 0 Å². The molecular weight excluding hydrogens is 260 g/mol. The van der Waals surface area contributed by atoms with Gasteiger partial charge in [-0.15, -0.1) is 10.2 Å². The van der Waals surface area contributed by atoms with Crippen molar-refractivity contribution in [3.05, 3.63) is 30.2 Å². The fourth-order valence-corrected chi connectivity index (χ4v) is 1.80. The van der Waals surface area contributed by atoms with Crippen LogP contribution in [-0.4, -0.2) is 39.0 Å². The summed E-state index contributed by atoms with van der Waals surface area (Å²) < 4.78 is 1.84. The molecular formula is C12H16N6O2. The minimum absolute atomic E-state index is 0.167. The molecule has 2 aromatic heterocycles. The lowest BCUT2D eigenvalue weighted by Crippen LogP contribution is -2.43. The van der Waals surface area contributed by atoms with Gasteiger partial charge in [0.05, 0.1) is 12.5 Å². The highest BCUT2D eigenvalue weighted by Crippen LogP contribution is 2.02. The van der Waals surface area contributed by atoms with E-state index >= 15 is 0 Å². The largest absolute Gasteiger partial charge is 0.370 e. The first kappa shape index (κ1) is 13.9. The summed E-state index contributed by atoms with van der Waals surface area (Å²) >= 11 is 0. The van der Waals surface area contributed by atoms with Crippen molar-refractivity contribution in [1.29, 1.82) is 0 Å². The Bertz CT molecular complexity index is 623. The van der Waals surface area contributed by atoms with Gasteiger partial charge in [-0.1, -0.05) is 6.07 Å². The standard InChI is InChI=1S/C12H16N6O2/c13-8(7-9(14)19)12(20)15-5-4-11-17-16-10-3-1-2-6-18(10)11/h1-3,6,8H,4-5,7,13H2,(H2,14,19)(H,15,20). The number of carbonyl (C=O) groups is 2. The van der Waals surface area contributed by atoms with E-state index in [9.17, 15) is 9.59 Å². The molecule has 0 saturated heterocycles. The molecule has 2 heterocycles. The molecule has 0 spiro atoms. The summed E-state index contributed by atoms with van der Waals surface area (Å²) in [4.78, 5) is 22.2. The Morgan fingerprint density at radius 3 is 2.90 bits per heavy atom. The van der Waals surface area contributed by atoms with Gasteiger partial charge in [0.1, 0.15) is 5.82 Å². The second-order valence-corrected chi connectivity index (χ2v) is 4.36. The number of hydrogen-bond donors (Lipinski definition) is 3. The van der Waals surface area contributed by atoms with E-state index in [1.54, 1.807) is 0 Å². The molecule has 0 bridgehead atoms. The molecule has 0 aromatic carbocycles. The van der Waals surface area contributed by atoms with Crippen molar-refractivity contribution >= 4 is 17.5 Å². The SMILES string of the molecule is NC(=O)CC(N)C(=O)NCCc1nnc2ccccn12. The minimum Gasteiger partial charge on any atom is -0.370 e. The summed E-state index contributed by atoms with van der Waals surface area (Å²) in [7, 11) is 0. The quantitative estimate of drug-likeness (QED) is 0.597. The predicted molar refractivity (Wildman–Crippen MR) is 71.5 cm³/mol. The Morgan fingerprint density at radius 1 is 1.35 bits per heavy atom. The van der Waals surface area contributed by atoms with Crippen LogP contribution in [0.5, 0.6) is 0 Å². The molecule has 2 aromatic rings. The molecule has 1 atom stereocenters. The number of aromatic nitrogens is 3. The van der Waals surface area contributed by atoms with Gasteiger partial charge in [0.15, 0.2) is 5.65 Å². The molecule has 0 saturated carbocycles. The van der Waals surface area contributed by atoms with Crippen molar-refractivity contribution in [3.63, 3.8) is 0 Å². The number of nitrogens with one attached hydrogen (secondary N) is 1. The number of nitrogens with two attached hydrogens (primary N) is 2. The first-order chi connectivity index (χ1) is 9.58. The van der Waals surface area contributed by atoms with Gasteiger partial charge in [-0.3, -0.25) is 14.0 Å². The van der Waals surface area contributed by atoms with E-state index in [-0.39, 0.29) is 6.42 Å². The minimum atomic E-state index is -0.914. The average Bonchev–Trinajstić information content (AvgIpc) is 2.81. The van der Waals surface area contributed by atoms with Gasteiger partial charge in [0, 0.05) is 19.2 Å². The Morgan fingerprint density at radius 2 is 2.15 bits per heavy atom. The summed E-state index contributed by atoms with van der Waals surface area (Å²) in [6, 6.07) is 4.68. The summed E-state index contributed by atoms with van der Waals surface area (Å²) in [6.07, 6.45) is 2.20. The molecule has 0 radical (unpaired) electrons. The zero-order valence-corrected chi connectivity index (χ0v) is 10.8. The van der Waals surface area contributed by atoms with Crippen LogP contribution in [-0.2, 0) is 16.0 Å². The van der Waals surface area contributed by atoms with E-state index in [4.69, 9.17) is 11.5 Å². The van der Waals surface area contributed by atoms with Crippen LogP contribution in [0, 0.1) is 0 Å². The van der Waals surface area contributed by atoms with Crippen molar-refractivity contribution in [3.8, 4) is 0 Å². The van der Waals surface area contributed by atoms with Crippen LogP contribution in [0.2, 0.25) is 0 Å². The van der Waals surface area contributed by atoms with Crippen LogP contribution in [0.4, 0.5) is 0 Å². The first-order valence-electron chi connectivity index (χ1n) is 6.18. The monoisotopic (exact) mass is 276 g/mol. The van der Waals surface area contributed by atoms with Gasteiger partial charge in [0.25, 0.3) is 0 Å². The average molecular weight is 276 g/mol. The smallest absolute Gasteiger partial charge is 0.237 e. The van der Waals surface area contributed by atoms with Crippen molar-refractivity contribution < 1.29 is 9.59 Å². The second kappa shape index (κ2) is 6.11. The zero-order valence-electron chi connectivity index (χ0n) is 10.8. The number of pyridine rings is 1. The van der Waals surface area contributed by atoms with Gasteiger partial charge < -0.3 is 16.8 Å². The lowest BCUT2D eigenvalue weighted by molar-refractivity contribution is -0.126. The van der Waals surface area contributed by atoms with Crippen LogP contribution in [0.1, 0.15) is 12.2 Å². The van der Waals surface area contributed by atoms with Gasteiger partial charge in [-0.25, -0.2) is 0 Å². The topological polar surface area (TPSA) is 128 Å². The maximum absolute atomic E-state index is 11.6. The lowest BCUT2D eigenvalue weighted by atomic mass is 10.2. The molecule has 8 heteroatoms. The highest BCUT2D eigenvalue weighted by Gasteiger charge is 2.15. The van der Waals surface area contributed by atoms with Gasteiger partial charge in [0.2, 0.25) is 11.8 Å². The van der Waals surface area contributed by atoms with Crippen LogP contribution >= 0.6 is 0 Å². The summed E-state index contributed by atoms with van der Waals surface area (Å²) in [5.74, 6) is -0.266. The fourth-order valence-electron chi connectivity index (χ4n) is 1.80. The third kappa shape index (κ3) is 3.29. The van der Waals surface area contributed by atoms with Crippen molar-refractivity contribution in [2.24, 2.45) is 11.5 Å². The maximum Gasteiger partial charge on any atom is 0.237 e. The normalized spacial score (nSPS) is 12.2. The van der Waals surface area contributed by atoms with Crippen molar-refractivity contribution in [1.82, 2.24) is 19.9 Å². The second-order valence-electron chi connectivity index (χ2n) is 4.36. The van der Waals surface area contributed by atoms with Crippen molar-refractivity contribution in [2.45, 2.75) is 18.9 Å². The highest BCUT2D eigenvalue weighted by molar-refractivity contribution is 5.87. The van der Waals surface area contributed by atoms with Gasteiger partial charge in [-0.2, -0.15) is 0 Å². The Balaban J connectivity index is 1.87. The summed E-state index contributed by atoms with van der Waals surface area (Å²) in [5.41, 5.74) is 11.3. The Hall–Kier alpha value is -2.48. The molecule has 5 N–H and O–H groups in total. The van der Waals surface area contributed by atoms with Gasteiger partial charge >= 0.3 is 0 Å². The predicted octanol–water partition coefficient (Wildman–Crippen LogP) is -1.41. The number of hydrogen-bond acceptors (Lipinski definition) is 5. The molecule has 20 heavy (non-hydrogen) atoms. The van der Waals surface area contributed by atoms with Crippen LogP contribution in [0.25, 0.3) is 5.65 Å². The number of fused-ring (bicyclic) bond motifs is 1. The van der Waals surface area contributed by atoms with Crippen molar-refractivity contribution in [2.75, 3.05) is 6.54 Å². The molecule has 0 aliphatic rings. The Labute approximate surface area is 115 Å². The van der Waals surface area contributed by atoms with E-state index < -0.39 is 17.9 Å². The third-order valence-electron chi connectivity index (χ3n) is 2.79. The van der Waals surface area contributed by atoms with E-state index in [0.717, 1.165) is 11.5 Å². The molecule has 0 aliphatic heterocycles. The molecule has 8 nitrogen and oxygen atoms in total. The van der Waals surface area contributed by atoms with E-state index in [1.807, 2.05) is 28.8 Å².